The van der Waals surface area contributed by atoms with Gasteiger partial charge in [-0.15, -0.1) is 5.10 Å². The molecule has 0 aromatic carbocycles. The number of hydrogen-bond acceptors (Lipinski definition) is 5. The maximum Gasteiger partial charge on any atom is 0.306 e. The van der Waals surface area contributed by atoms with E-state index < -0.39 is 11.8 Å². The summed E-state index contributed by atoms with van der Waals surface area (Å²) in [5, 5.41) is 12.1. The van der Waals surface area contributed by atoms with Crippen LogP contribution in [0.25, 0.3) is 0 Å². The fourth-order valence-electron chi connectivity index (χ4n) is 0.129. The van der Waals surface area contributed by atoms with Gasteiger partial charge in [-0.3, -0.25) is 9.59 Å². The summed E-state index contributed by atoms with van der Waals surface area (Å²) >= 11 is 0. The van der Waals surface area contributed by atoms with Crippen LogP contribution in [0.15, 0.2) is 6.33 Å². The summed E-state index contributed by atoms with van der Waals surface area (Å²) in [6, 6.07) is 0. The first kappa shape index (κ1) is 9.01. The molecule has 1 aromatic heterocycles. The minimum atomic E-state index is -1.10. The van der Waals surface area contributed by atoms with Gasteiger partial charge >= 0.3 is 11.8 Å². The van der Waals surface area contributed by atoms with Crippen LogP contribution in [0.2, 0.25) is 0 Å². The molecule has 0 aliphatic rings. The van der Waals surface area contributed by atoms with Crippen LogP contribution < -0.4 is 11.5 Å². The van der Waals surface area contributed by atoms with E-state index >= 15 is 0 Å². The van der Waals surface area contributed by atoms with Crippen LogP contribution >= 0.6 is 0 Å². The van der Waals surface area contributed by atoms with E-state index in [0.717, 1.165) is 0 Å². The average molecular weight is 158 g/mol. The number of aromatic amines is 1. The topological polar surface area (TPSA) is 141 Å². The first-order valence-electron chi connectivity index (χ1n) is 2.41. The summed E-state index contributed by atoms with van der Waals surface area (Å²) < 4.78 is 0. The number of amides is 2. The molecule has 60 valence electrons. The number of nitrogens with one attached hydrogen (secondary N) is 1. The normalized spacial score (nSPS) is 7.64. The first-order valence-corrected chi connectivity index (χ1v) is 2.41. The van der Waals surface area contributed by atoms with Gasteiger partial charge in [0.2, 0.25) is 0 Å². The molecule has 0 unspecified atom stereocenters. The lowest BCUT2D eigenvalue weighted by Gasteiger charge is -1.75. The van der Waals surface area contributed by atoms with Gasteiger partial charge in [-0.25, -0.2) is 5.10 Å². The van der Waals surface area contributed by atoms with Gasteiger partial charge in [-0.05, 0) is 10.4 Å². The van der Waals surface area contributed by atoms with E-state index in [1.165, 1.54) is 6.33 Å². The second kappa shape index (κ2) is 4.85. The molecule has 8 heteroatoms. The summed E-state index contributed by atoms with van der Waals surface area (Å²) in [7, 11) is 0. The Kier molecular flexibility index (Phi) is 3.97. The Hall–Kier alpha value is -1.99. The van der Waals surface area contributed by atoms with Crippen molar-refractivity contribution >= 4 is 11.8 Å². The van der Waals surface area contributed by atoms with Crippen molar-refractivity contribution < 1.29 is 9.59 Å². The van der Waals surface area contributed by atoms with Crippen molar-refractivity contribution in [3.05, 3.63) is 6.33 Å². The lowest BCUT2D eigenvalue weighted by atomic mass is 10.6. The standard InChI is InChI=1S/C2H4N2O2.CH2N4/c3-1(5)2(4)6;1-2-4-5-3-1/h(H2,3,5)(H2,4,6);1H,(H,2,3,4,5). The van der Waals surface area contributed by atoms with Gasteiger partial charge in [0.1, 0.15) is 6.33 Å². The predicted molar refractivity (Wildman–Crippen MR) is 32.6 cm³/mol. The zero-order valence-electron chi connectivity index (χ0n) is 5.39. The number of rotatable bonds is 0. The molecule has 0 aliphatic carbocycles. The third-order valence-electron chi connectivity index (χ3n) is 0.512. The molecule has 0 bridgehead atoms. The number of aromatic nitrogens is 4. The van der Waals surface area contributed by atoms with E-state index in [1.54, 1.807) is 0 Å². The SMILES string of the molecule is NC(=O)C(N)=O.c1nnn[nH]1. The molecule has 0 aliphatic heterocycles. The molecule has 0 fully saturated rings. The molecule has 1 rings (SSSR count). The second-order valence-corrected chi connectivity index (χ2v) is 1.29. The number of hydrogen-bond donors (Lipinski definition) is 3. The number of H-pyrrole nitrogens is 1. The van der Waals surface area contributed by atoms with E-state index in [0.29, 0.717) is 0 Å². The fourth-order valence-corrected chi connectivity index (χ4v) is 0.129. The summed E-state index contributed by atoms with van der Waals surface area (Å²) in [5.41, 5.74) is 8.64. The molecule has 0 saturated heterocycles. The molecule has 5 N–H and O–H groups in total. The molecule has 0 radical (unpaired) electrons. The number of nitrogens with two attached hydrogens (primary N) is 2. The molecule has 11 heavy (non-hydrogen) atoms. The van der Waals surface area contributed by atoms with Crippen LogP contribution in [-0.4, -0.2) is 32.4 Å². The van der Waals surface area contributed by atoms with Gasteiger partial charge in [0.25, 0.3) is 0 Å². The zero-order valence-corrected chi connectivity index (χ0v) is 5.39. The summed E-state index contributed by atoms with van der Waals surface area (Å²) in [5.74, 6) is -2.20. The molecule has 0 spiro atoms. The maximum absolute atomic E-state index is 9.45. The van der Waals surface area contributed by atoms with Crippen LogP contribution in [0.3, 0.4) is 0 Å². The van der Waals surface area contributed by atoms with Gasteiger partial charge in [0.05, 0.1) is 0 Å². The van der Waals surface area contributed by atoms with E-state index in [9.17, 15) is 9.59 Å². The Morgan fingerprint density at radius 3 is 1.91 bits per heavy atom. The lowest BCUT2D eigenvalue weighted by molar-refractivity contribution is -0.135. The second-order valence-electron chi connectivity index (χ2n) is 1.29. The summed E-state index contributed by atoms with van der Waals surface area (Å²) in [4.78, 5) is 18.9. The smallest absolute Gasteiger partial charge is 0.306 e. The van der Waals surface area contributed by atoms with Crippen molar-refractivity contribution in [1.82, 2.24) is 20.6 Å². The zero-order chi connectivity index (χ0) is 8.69. The fraction of sp³-hybridized carbons (Fsp3) is 0. The van der Waals surface area contributed by atoms with Crippen LogP contribution in [-0.2, 0) is 9.59 Å². The van der Waals surface area contributed by atoms with E-state index in [-0.39, 0.29) is 0 Å². The van der Waals surface area contributed by atoms with Crippen LogP contribution in [0.5, 0.6) is 0 Å². The molecule has 0 atom stereocenters. The van der Waals surface area contributed by atoms with Crippen molar-refractivity contribution in [2.24, 2.45) is 11.5 Å². The lowest BCUT2D eigenvalue weighted by Crippen LogP contribution is -2.29. The highest BCUT2D eigenvalue weighted by atomic mass is 16.2. The van der Waals surface area contributed by atoms with Crippen molar-refractivity contribution in [1.29, 1.82) is 0 Å². The monoisotopic (exact) mass is 158 g/mol. The van der Waals surface area contributed by atoms with E-state index in [2.05, 4.69) is 32.1 Å². The Morgan fingerprint density at radius 1 is 1.27 bits per heavy atom. The predicted octanol–water partition coefficient (Wildman–Crippen LogP) is -2.84. The first-order chi connectivity index (χ1) is 5.14. The largest absolute Gasteiger partial charge is 0.361 e. The molecule has 1 heterocycles. The third kappa shape index (κ3) is 5.89. The highest BCUT2D eigenvalue weighted by Gasteiger charge is 1.96. The maximum atomic E-state index is 9.45. The number of nitrogens with zero attached hydrogens (tertiary/aromatic N) is 3. The summed E-state index contributed by atoms with van der Waals surface area (Å²) in [6.07, 6.45) is 1.40. The summed E-state index contributed by atoms with van der Waals surface area (Å²) in [6.45, 7) is 0. The third-order valence-corrected chi connectivity index (χ3v) is 0.512. The van der Waals surface area contributed by atoms with Crippen molar-refractivity contribution in [2.75, 3.05) is 0 Å². The molecular formula is C3H6N6O2. The Morgan fingerprint density at radius 2 is 1.82 bits per heavy atom. The number of carbonyl (C=O) groups is 2. The number of tetrazole rings is 1. The molecule has 1 aromatic rings. The molecule has 2 amide bonds. The van der Waals surface area contributed by atoms with E-state index in [4.69, 9.17) is 0 Å². The van der Waals surface area contributed by atoms with Crippen molar-refractivity contribution in [3.63, 3.8) is 0 Å². The highest BCUT2D eigenvalue weighted by molar-refractivity contribution is 6.33. The van der Waals surface area contributed by atoms with Crippen LogP contribution in [0.4, 0.5) is 0 Å². The van der Waals surface area contributed by atoms with Crippen LogP contribution in [0, 0.1) is 0 Å². The van der Waals surface area contributed by atoms with Crippen molar-refractivity contribution in [3.8, 4) is 0 Å². The molecule has 8 nitrogen and oxygen atoms in total. The average Bonchev–Trinajstić information content (AvgIpc) is 2.41. The quantitative estimate of drug-likeness (QED) is 0.348. The molecule has 0 saturated carbocycles. The van der Waals surface area contributed by atoms with Gasteiger partial charge < -0.3 is 11.5 Å². The Balaban J connectivity index is 0.000000183. The van der Waals surface area contributed by atoms with E-state index in [1.807, 2.05) is 0 Å². The van der Waals surface area contributed by atoms with Gasteiger partial charge in [-0.2, -0.15) is 0 Å². The Labute approximate surface area is 60.9 Å². The van der Waals surface area contributed by atoms with Gasteiger partial charge in [0, 0.05) is 0 Å². The molecular weight excluding hydrogens is 152 g/mol. The number of carbonyl (C=O) groups excluding carboxylic acids is 2. The highest BCUT2D eigenvalue weighted by Crippen LogP contribution is 1.45. The van der Waals surface area contributed by atoms with Crippen molar-refractivity contribution in [2.45, 2.75) is 0 Å². The Bertz CT molecular complexity index is 189. The minimum Gasteiger partial charge on any atom is -0.361 e. The van der Waals surface area contributed by atoms with Crippen LogP contribution in [0.1, 0.15) is 0 Å². The minimum absolute atomic E-state index is 1.10. The number of primary amides is 2. The van der Waals surface area contributed by atoms with Gasteiger partial charge in [-0.1, -0.05) is 0 Å². The van der Waals surface area contributed by atoms with Gasteiger partial charge in [0.15, 0.2) is 0 Å².